The molecule has 0 bridgehead atoms. The zero-order chi connectivity index (χ0) is 23.4. The zero-order valence-electron chi connectivity index (χ0n) is 19.4. The van der Waals surface area contributed by atoms with Crippen LogP contribution in [0.3, 0.4) is 0 Å². The Morgan fingerprint density at radius 1 is 0.970 bits per heavy atom. The fourth-order valence-corrected chi connectivity index (χ4v) is 4.66. The third-order valence-electron chi connectivity index (χ3n) is 6.25. The van der Waals surface area contributed by atoms with E-state index in [2.05, 4.69) is 18.3 Å². The highest BCUT2D eigenvalue weighted by Gasteiger charge is 2.42. The Kier molecular flexibility index (Phi) is 6.92. The maximum Gasteiger partial charge on any atom is 0.278 e. The van der Waals surface area contributed by atoms with E-state index in [4.69, 9.17) is 0 Å². The Labute approximate surface area is 195 Å². The molecule has 0 saturated heterocycles. The van der Waals surface area contributed by atoms with Gasteiger partial charge in [-0.2, -0.15) is 0 Å². The molecule has 2 aromatic carbocycles. The van der Waals surface area contributed by atoms with Crippen molar-refractivity contribution in [2.75, 3.05) is 23.3 Å². The molecular weight excluding hydrogens is 414 g/mol. The van der Waals surface area contributed by atoms with Crippen LogP contribution in [0.15, 0.2) is 54.2 Å². The summed E-state index contributed by atoms with van der Waals surface area (Å²) in [5.41, 5.74) is 4.45. The number of benzene rings is 2. The Balaban J connectivity index is 1.74. The molecule has 172 valence electrons. The lowest BCUT2D eigenvalue weighted by Crippen LogP contribution is -2.37. The number of nitrogens with zero attached hydrogens (tertiary/aromatic N) is 2. The monoisotopic (exact) mass is 445 g/mol. The first kappa shape index (κ1) is 22.8. The zero-order valence-corrected chi connectivity index (χ0v) is 19.4. The molecule has 2 aromatic rings. The van der Waals surface area contributed by atoms with Crippen molar-refractivity contribution < 1.29 is 14.4 Å². The number of imide groups is 1. The highest BCUT2D eigenvalue weighted by molar-refractivity contribution is 6.36. The van der Waals surface area contributed by atoms with Crippen molar-refractivity contribution in [3.8, 4) is 0 Å². The molecule has 2 heterocycles. The van der Waals surface area contributed by atoms with Gasteiger partial charge in [0.15, 0.2) is 0 Å². The second-order valence-corrected chi connectivity index (χ2v) is 8.69. The van der Waals surface area contributed by atoms with Gasteiger partial charge in [0, 0.05) is 31.4 Å². The number of anilines is 2. The van der Waals surface area contributed by atoms with Crippen LogP contribution in [-0.2, 0) is 20.8 Å². The molecule has 2 aliphatic heterocycles. The summed E-state index contributed by atoms with van der Waals surface area (Å²) in [6.45, 7) is 4.73. The predicted octanol–water partition coefficient (Wildman–Crippen LogP) is 4.76. The summed E-state index contributed by atoms with van der Waals surface area (Å²) in [5.74, 6) is -0.603. The van der Waals surface area contributed by atoms with Gasteiger partial charge < -0.3 is 10.2 Å². The average Bonchev–Trinajstić information content (AvgIpc) is 3.06. The first-order chi connectivity index (χ1) is 16.0. The van der Waals surface area contributed by atoms with Crippen LogP contribution in [0, 0.1) is 0 Å². The smallest absolute Gasteiger partial charge is 0.278 e. The Bertz CT molecular complexity index is 1090. The number of carbonyl (C=O) groups is 3. The summed E-state index contributed by atoms with van der Waals surface area (Å²) in [4.78, 5) is 42.0. The summed E-state index contributed by atoms with van der Waals surface area (Å²) >= 11 is 0. The molecule has 0 atom stereocenters. The summed E-state index contributed by atoms with van der Waals surface area (Å²) < 4.78 is 0. The van der Waals surface area contributed by atoms with Crippen molar-refractivity contribution in [3.05, 3.63) is 65.4 Å². The lowest BCUT2D eigenvalue weighted by molar-refractivity contribution is -0.137. The van der Waals surface area contributed by atoms with E-state index in [-0.39, 0.29) is 17.7 Å². The van der Waals surface area contributed by atoms with E-state index in [1.807, 2.05) is 35.2 Å². The van der Waals surface area contributed by atoms with Gasteiger partial charge in [-0.05, 0) is 48.6 Å². The lowest BCUT2D eigenvalue weighted by Gasteiger charge is -2.32. The molecule has 4 rings (SSSR count). The van der Waals surface area contributed by atoms with Crippen molar-refractivity contribution in [2.45, 2.75) is 52.4 Å². The number of unbranched alkanes of at least 4 members (excludes halogenated alkanes) is 3. The molecule has 3 amide bonds. The number of aryl methyl sites for hydroxylation is 1. The molecule has 2 aliphatic rings. The van der Waals surface area contributed by atoms with Gasteiger partial charge in [-0.25, -0.2) is 0 Å². The number of hydrogen-bond donors (Lipinski definition) is 1. The molecule has 0 fully saturated rings. The van der Waals surface area contributed by atoms with Crippen molar-refractivity contribution in [2.24, 2.45) is 0 Å². The highest BCUT2D eigenvalue weighted by atomic mass is 16.2. The first-order valence-corrected chi connectivity index (χ1v) is 11.8. The fraction of sp³-hybridized carbons (Fsp3) is 0.370. The first-order valence-electron chi connectivity index (χ1n) is 11.8. The van der Waals surface area contributed by atoms with E-state index in [0.717, 1.165) is 44.2 Å². The molecule has 0 unspecified atom stereocenters. The van der Waals surface area contributed by atoms with E-state index in [1.54, 1.807) is 12.1 Å². The third kappa shape index (κ3) is 4.70. The van der Waals surface area contributed by atoms with Crippen molar-refractivity contribution in [1.82, 2.24) is 4.90 Å². The van der Waals surface area contributed by atoms with E-state index < -0.39 is 0 Å². The van der Waals surface area contributed by atoms with E-state index >= 15 is 0 Å². The Morgan fingerprint density at radius 3 is 2.45 bits per heavy atom. The fourth-order valence-electron chi connectivity index (χ4n) is 4.66. The van der Waals surface area contributed by atoms with Crippen LogP contribution < -0.4 is 10.2 Å². The Hall–Kier alpha value is -3.41. The molecule has 0 radical (unpaired) electrons. The topological polar surface area (TPSA) is 69.7 Å². The minimum atomic E-state index is -0.234. The normalized spacial score (nSPS) is 15.8. The van der Waals surface area contributed by atoms with Crippen LogP contribution >= 0.6 is 0 Å². The minimum Gasteiger partial charge on any atom is -0.336 e. The summed E-state index contributed by atoms with van der Waals surface area (Å²) in [6, 6.07) is 15.3. The number of rotatable bonds is 8. The third-order valence-corrected chi connectivity index (χ3v) is 6.25. The van der Waals surface area contributed by atoms with E-state index in [1.165, 1.54) is 17.4 Å². The van der Waals surface area contributed by atoms with Crippen LogP contribution in [0.5, 0.6) is 0 Å². The molecule has 0 spiro atoms. The van der Waals surface area contributed by atoms with Gasteiger partial charge in [0.1, 0.15) is 5.70 Å². The van der Waals surface area contributed by atoms with E-state index in [0.29, 0.717) is 35.6 Å². The highest BCUT2D eigenvalue weighted by Crippen LogP contribution is 2.38. The average molecular weight is 446 g/mol. The summed E-state index contributed by atoms with van der Waals surface area (Å²) in [6.07, 6.45) is 5.88. The van der Waals surface area contributed by atoms with Gasteiger partial charge >= 0.3 is 0 Å². The van der Waals surface area contributed by atoms with Crippen molar-refractivity contribution >= 4 is 34.7 Å². The second-order valence-electron chi connectivity index (χ2n) is 8.69. The van der Waals surface area contributed by atoms with Gasteiger partial charge in [-0.15, -0.1) is 0 Å². The van der Waals surface area contributed by atoms with Crippen LogP contribution in [0.4, 0.5) is 11.4 Å². The Morgan fingerprint density at radius 2 is 1.73 bits per heavy atom. The minimum absolute atomic E-state index is 0.155. The van der Waals surface area contributed by atoms with Crippen LogP contribution in [0.2, 0.25) is 0 Å². The van der Waals surface area contributed by atoms with Gasteiger partial charge in [-0.3, -0.25) is 19.3 Å². The summed E-state index contributed by atoms with van der Waals surface area (Å²) in [5, 5.41) is 2.75. The number of fused-ring (bicyclic) bond motifs is 1. The van der Waals surface area contributed by atoms with Gasteiger partial charge in [0.05, 0.1) is 5.57 Å². The van der Waals surface area contributed by atoms with Crippen molar-refractivity contribution in [1.29, 1.82) is 0 Å². The molecular formula is C27H31N3O3. The van der Waals surface area contributed by atoms with E-state index in [9.17, 15) is 14.4 Å². The molecule has 1 N–H and O–H groups in total. The predicted molar refractivity (Wildman–Crippen MR) is 131 cm³/mol. The van der Waals surface area contributed by atoms with Crippen molar-refractivity contribution in [3.63, 3.8) is 0 Å². The second kappa shape index (κ2) is 10.0. The lowest BCUT2D eigenvalue weighted by atomic mass is 9.98. The number of hydrogen-bond acceptors (Lipinski definition) is 4. The molecule has 0 aliphatic carbocycles. The molecule has 6 nitrogen and oxygen atoms in total. The maximum absolute atomic E-state index is 13.6. The largest absolute Gasteiger partial charge is 0.336 e. The maximum atomic E-state index is 13.6. The summed E-state index contributed by atoms with van der Waals surface area (Å²) in [7, 11) is 0. The molecule has 6 heteroatoms. The van der Waals surface area contributed by atoms with Crippen LogP contribution in [-0.4, -0.2) is 35.7 Å². The van der Waals surface area contributed by atoms with Gasteiger partial charge in [-0.1, -0.05) is 56.5 Å². The van der Waals surface area contributed by atoms with Crippen LogP contribution in [0.1, 0.15) is 57.1 Å². The molecule has 33 heavy (non-hydrogen) atoms. The molecule has 0 saturated carbocycles. The van der Waals surface area contributed by atoms with Gasteiger partial charge in [0.2, 0.25) is 5.91 Å². The standard InChI is InChI=1S/C27H31N3O3/c1-3-4-5-8-17-30-26(32)24(21-13-15-22(16-14-21)28-19(2)31)25(27(30)33)29-18-9-11-20-10-6-7-12-23(20)29/h6-7,10,12-16H,3-5,8-9,11,17-18H2,1-2H3,(H,28,31). The number of amides is 3. The SMILES string of the molecule is CCCCCCN1C(=O)C(c2ccc(NC(C)=O)cc2)=C(N2CCCc3ccccc32)C1=O. The number of nitrogens with one attached hydrogen (secondary N) is 1. The molecule has 0 aromatic heterocycles. The number of carbonyl (C=O) groups excluding carboxylic acids is 3. The van der Waals surface area contributed by atoms with Crippen LogP contribution in [0.25, 0.3) is 5.57 Å². The van der Waals surface area contributed by atoms with Gasteiger partial charge in [0.25, 0.3) is 11.8 Å². The quantitative estimate of drug-likeness (QED) is 0.470. The number of para-hydroxylation sites is 1.